The number of morpholine rings is 1. The van der Waals surface area contributed by atoms with Gasteiger partial charge in [0.1, 0.15) is 17.1 Å². The van der Waals surface area contributed by atoms with Crippen LogP contribution >= 0.6 is 0 Å². The number of phenolic OH excluding ortho intramolecular Hbond substituents is 1. The minimum atomic E-state index is -0.734. The Hall–Kier alpha value is -1.66. The SMILES string of the molecule is CCN1CCOC(CNC(=O)c2c(O)cccc2F)C1. The van der Waals surface area contributed by atoms with Gasteiger partial charge in [0.15, 0.2) is 0 Å². The van der Waals surface area contributed by atoms with Crippen molar-refractivity contribution in [2.24, 2.45) is 0 Å². The molecule has 1 aliphatic heterocycles. The summed E-state index contributed by atoms with van der Waals surface area (Å²) in [6, 6.07) is 3.78. The monoisotopic (exact) mass is 282 g/mol. The normalized spacial score (nSPS) is 19.8. The summed E-state index contributed by atoms with van der Waals surface area (Å²) in [5.41, 5.74) is -0.323. The number of likely N-dealkylation sites (N-methyl/N-ethyl adjacent to an activating group) is 1. The first-order valence-corrected chi connectivity index (χ1v) is 6.71. The van der Waals surface area contributed by atoms with E-state index in [1.54, 1.807) is 0 Å². The Bertz CT molecular complexity index is 461. The van der Waals surface area contributed by atoms with Gasteiger partial charge in [-0.2, -0.15) is 0 Å². The molecule has 1 atom stereocenters. The number of ether oxygens (including phenoxy) is 1. The Balaban J connectivity index is 1.92. The predicted molar refractivity (Wildman–Crippen MR) is 72.3 cm³/mol. The van der Waals surface area contributed by atoms with Crippen LogP contribution in [-0.2, 0) is 4.74 Å². The van der Waals surface area contributed by atoms with Crippen molar-refractivity contribution in [1.29, 1.82) is 0 Å². The zero-order valence-corrected chi connectivity index (χ0v) is 11.4. The molecule has 20 heavy (non-hydrogen) atoms. The lowest BCUT2D eigenvalue weighted by atomic mass is 10.1. The molecule has 1 aromatic rings. The highest BCUT2D eigenvalue weighted by Crippen LogP contribution is 2.19. The van der Waals surface area contributed by atoms with Crippen molar-refractivity contribution in [2.45, 2.75) is 13.0 Å². The lowest BCUT2D eigenvalue weighted by Crippen LogP contribution is -2.47. The van der Waals surface area contributed by atoms with Gasteiger partial charge in [-0.25, -0.2) is 4.39 Å². The molecule has 2 rings (SSSR count). The Morgan fingerprint density at radius 2 is 2.40 bits per heavy atom. The van der Waals surface area contributed by atoms with Gasteiger partial charge < -0.3 is 15.2 Å². The number of phenols is 1. The minimum Gasteiger partial charge on any atom is -0.507 e. The summed E-state index contributed by atoms with van der Waals surface area (Å²) in [6.45, 7) is 5.54. The molecule has 0 aromatic heterocycles. The highest BCUT2D eigenvalue weighted by Gasteiger charge is 2.22. The standard InChI is InChI=1S/C14H19FN2O3/c1-2-17-6-7-20-10(9-17)8-16-14(19)13-11(15)4-3-5-12(13)18/h3-5,10,18H,2,6-9H2,1H3,(H,16,19). The second kappa shape index (κ2) is 6.67. The zero-order valence-electron chi connectivity index (χ0n) is 11.4. The number of nitrogens with zero attached hydrogens (tertiary/aromatic N) is 1. The Labute approximate surface area is 117 Å². The van der Waals surface area contributed by atoms with Crippen LogP contribution in [0.2, 0.25) is 0 Å². The second-order valence-corrected chi connectivity index (χ2v) is 4.73. The molecule has 0 saturated carbocycles. The second-order valence-electron chi connectivity index (χ2n) is 4.73. The number of hydrogen-bond donors (Lipinski definition) is 2. The zero-order chi connectivity index (χ0) is 14.5. The fourth-order valence-corrected chi connectivity index (χ4v) is 2.22. The lowest BCUT2D eigenvalue weighted by Gasteiger charge is -2.32. The van der Waals surface area contributed by atoms with Gasteiger partial charge in [0.2, 0.25) is 0 Å². The molecule has 1 aromatic carbocycles. The van der Waals surface area contributed by atoms with Gasteiger partial charge in [-0.3, -0.25) is 9.69 Å². The lowest BCUT2D eigenvalue weighted by molar-refractivity contribution is -0.0246. The molecular formula is C14H19FN2O3. The van der Waals surface area contributed by atoms with E-state index in [1.165, 1.54) is 12.1 Å². The van der Waals surface area contributed by atoms with Crippen molar-refractivity contribution in [3.63, 3.8) is 0 Å². The van der Waals surface area contributed by atoms with Crippen LogP contribution in [0.1, 0.15) is 17.3 Å². The van der Waals surface area contributed by atoms with Crippen molar-refractivity contribution >= 4 is 5.91 Å². The van der Waals surface area contributed by atoms with Gasteiger partial charge in [-0.05, 0) is 18.7 Å². The van der Waals surface area contributed by atoms with E-state index in [2.05, 4.69) is 17.1 Å². The number of carbonyl (C=O) groups is 1. The highest BCUT2D eigenvalue weighted by atomic mass is 19.1. The summed E-state index contributed by atoms with van der Waals surface area (Å²) in [4.78, 5) is 14.1. The Morgan fingerprint density at radius 3 is 3.10 bits per heavy atom. The van der Waals surface area contributed by atoms with E-state index < -0.39 is 11.7 Å². The molecule has 0 aliphatic carbocycles. The summed E-state index contributed by atoms with van der Waals surface area (Å²) >= 11 is 0. The van der Waals surface area contributed by atoms with E-state index in [0.717, 1.165) is 25.7 Å². The van der Waals surface area contributed by atoms with Crippen LogP contribution in [-0.4, -0.2) is 54.8 Å². The third-order valence-electron chi connectivity index (χ3n) is 3.38. The number of aromatic hydroxyl groups is 1. The first-order chi connectivity index (χ1) is 9.61. The Morgan fingerprint density at radius 1 is 1.60 bits per heavy atom. The van der Waals surface area contributed by atoms with Crippen LogP contribution < -0.4 is 5.32 Å². The molecule has 1 fully saturated rings. The van der Waals surface area contributed by atoms with Crippen LogP contribution in [0.15, 0.2) is 18.2 Å². The van der Waals surface area contributed by atoms with E-state index in [1.807, 2.05) is 0 Å². The van der Waals surface area contributed by atoms with Crippen LogP contribution in [0.4, 0.5) is 4.39 Å². The van der Waals surface area contributed by atoms with Gasteiger partial charge in [0.05, 0.1) is 12.7 Å². The third-order valence-corrected chi connectivity index (χ3v) is 3.38. The molecule has 110 valence electrons. The number of nitrogens with one attached hydrogen (secondary N) is 1. The maximum absolute atomic E-state index is 13.5. The number of halogens is 1. The molecule has 1 heterocycles. The van der Waals surface area contributed by atoms with Crippen molar-refractivity contribution in [3.05, 3.63) is 29.6 Å². The molecule has 1 saturated heterocycles. The van der Waals surface area contributed by atoms with Gasteiger partial charge in [0, 0.05) is 19.6 Å². The maximum atomic E-state index is 13.5. The summed E-state index contributed by atoms with van der Waals surface area (Å²) in [7, 11) is 0. The quantitative estimate of drug-likeness (QED) is 0.864. The van der Waals surface area contributed by atoms with Gasteiger partial charge >= 0.3 is 0 Å². The molecular weight excluding hydrogens is 263 g/mol. The molecule has 5 nitrogen and oxygen atoms in total. The maximum Gasteiger partial charge on any atom is 0.258 e. The smallest absolute Gasteiger partial charge is 0.258 e. The molecule has 1 aliphatic rings. The minimum absolute atomic E-state index is 0.110. The van der Waals surface area contributed by atoms with Crippen LogP contribution in [0.3, 0.4) is 0 Å². The molecule has 6 heteroatoms. The predicted octanol–water partition coefficient (Wildman–Crippen LogP) is 0.982. The first kappa shape index (κ1) is 14.7. The fourth-order valence-electron chi connectivity index (χ4n) is 2.22. The van der Waals surface area contributed by atoms with E-state index in [-0.39, 0.29) is 17.4 Å². The van der Waals surface area contributed by atoms with E-state index in [9.17, 15) is 14.3 Å². The third kappa shape index (κ3) is 3.46. The van der Waals surface area contributed by atoms with Crippen molar-refractivity contribution in [1.82, 2.24) is 10.2 Å². The molecule has 1 unspecified atom stereocenters. The van der Waals surface area contributed by atoms with E-state index in [4.69, 9.17) is 4.74 Å². The topological polar surface area (TPSA) is 61.8 Å². The first-order valence-electron chi connectivity index (χ1n) is 6.71. The summed E-state index contributed by atoms with van der Waals surface area (Å²) in [5.74, 6) is -1.72. The number of carbonyl (C=O) groups excluding carboxylic acids is 1. The molecule has 2 N–H and O–H groups in total. The fraction of sp³-hybridized carbons (Fsp3) is 0.500. The number of hydrogen-bond acceptors (Lipinski definition) is 4. The van der Waals surface area contributed by atoms with Gasteiger partial charge in [0.25, 0.3) is 5.91 Å². The van der Waals surface area contributed by atoms with Gasteiger partial charge in [-0.15, -0.1) is 0 Å². The molecule has 0 bridgehead atoms. The van der Waals surface area contributed by atoms with Crippen molar-refractivity contribution in [2.75, 3.05) is 32.8 Å². The average Bonchev–Trinajstić information content (AvgIpc) is 2.45. The Kier molecular flexibility index (Phi) is 4.92. The van der Waals surface area contributed by atoms with Crippen LogP contribution in [0.5, 0.6) is 5.75 Å². The van der Waals surface area contributed by atoms with Crippen molar-refractivity contribution in [3.8, 4) is 5.75 Å². The highest BCUT2D eigenvalue weighted by molar-refractivity contribution is 5.97. The largest absolute Gasteiger partial charge is 0.507 e. The summed E-state index contributed by atoms with van der Waals surface area (Å²) in [6.07, 6.45) is -0.110. The number of rotatable bonds is 4. The van der Waals surface area contributed by atoms with Gasteiger partial charge in [-0.1, -0.05) is 13.0 Å². The van der Waals surface area contributed by atoms with E-state index in [0.29, 0.717) is 13.2 Å². The number of benzene rings is 1. The molecule has 0 radical (unpaired) electrons. The van der Waals surface area contributed by atoms with Crippen LogP contribution in [0, 0.1) is 5.82 Å². The molecule has 1 amide bonds. The number of amides is 1. The van der Waals surface area contributed by atoms with Crippen molar-refractivity contribution < 1.29 is 19.0 Å². The van der Waals surface area contributed by atoms with E-state index >= 15 is 0 Å². The average molecular weight is 282 g/mol. The van der Waals surface area contributed by atoms with Crippen LogP contribution in [0.25, 0.3) is 0 Å². The summed E-state index contributed by atoms with van der Waals surface area (Å²) < 4.78 is 19.1. The molecule has 0 spiro atoms. The summed E-state index contributed by atoms with van der Waals surface area (Å²) in [5, 5.41) is 12.1.